The number of carbonyl (C=O) groups is 4. The van der Waals surface area contributed by atoms with Crippen LogP contribution >= 0.6 is 11.8 Å². The van der Waals surface area contributed by atoms with E-state index < -0.39 is 11.1 Å². The van der Waals surface area contributed by atoms with Crippen molar-refractivity contribution in [3.63, 3.8) is 0 Å². The number of morpholine rings is 1. The number of ether oxygens (including phenoxy) is 3. The molecule has 0 spiro atoms. The number of imide groups is 1. The van der Waals surface area contributed by atoms with Gasteiger partial charge in [-0.15, -0.1) is 0 Å². The van der Waals surface area contributed by atoms with Crippen LogP contribution in [-0.4, -0.2) is 84.9 Å². The van der Waals surface area contributed by atoms with E-state index in [9.17, 15) is 19.2 Å². The smallest absolute Gasteiger partial charge is 0.294 e. The largest absolute Gasteiger partial charge is 0.493 e. The molecule has 1 aromatic carbocycles. The second-order valence-electron chi connectivity index (χ2n) is 11.7. The van der Waals surface area contributed by atoms with Crippen molar-refractivity contribution < 1.29 is 33.4 Å². The Kier molecular flexibility index (Phi) is 7.52. The van der Waals surface area contributed by atoms with Gasteiger partial charge in [-0.25, -0.2) is 0 Å². The van der Waals surface area contributed by atoms with E-state index in [-0.39, 0.29) is 35.4 Å². The van der Waals surface area contributed by atoms with Gasteiger partial charge in [-0.2, -0.15) is 0 Å². The highest BCUT2D eigenvalue weighted by atomic mass is 32.2. The van der Waals surface area contributed by atoms with Crippen molar-refractivity contribution in [3.05, 3.63) is 28.7 Å². The molecule has 0 radical (unpaired) electrons. The first kappa shape index (κ1) is 27.1. The lowest BCUT2D eigenvalue weighted by Crippen LogP contribution is -2.60. The summed E-state index contributed by atoms with van der Waals surface area (Å²) in [5, 5.41) is 2.84. The predicted octanol–water partition coefficient (Wildman–Crippen LogP) is 3.05. The number of benzene rings is 1. The molecule has 1 N–H and O–H groups in total. The summed E-state index contributed by atoms with van der Waals surface area (Å²) in [5.74, 6) is 2.17. The zero-order valence-corrected chi connectivity index (χ0v) is 23.5. The minimum Gasteiger partial charge on any atom is -0.493 e. The van der Waals surface area contributed by atoms with Gasteiger partial charge in [0.2, 0.25) is 5.91 Å². The van der Waals surface area contributed by atoms with Crippen LogP contribution in [0, 0.1) is 17.8 Å². The molecule has 7 rings (SSSR count). The summed E-state index contributed by atoms with van der Waals surface area (Å²) in [6.07, 6.45) is 8.77. The second-order valence-corrected chi connectivity index (χ2v) is 12.7. The van der Waals surface area contributed by atoms with Crippen LogP contribution in [0.3, 0.4) is 0 Å². The van der Waals surface area contributed by atoms with Gasteiger partial charge in [-0.1, -0.05) is 6.07 Å². The monoisotopic (exact) mass is 569 g/mol. The Bertz CT molecular complexity index is 1210. The highest BCUT2D eigenvalue weighted by Crippen LogP contribution is 2.55. The van der Waals surface area contributed by atoms with Gasteiger partial charge in [0.05, 0.1) is 25.2 Å². The molecule has 4 saturated carbocycles. The van der Waals surface area contributed by atoms with Crippen LogP contribution < -0.4 is 14.8 Å². The van der Waals surface area contributed by atoms with Gasteiger partial charge in [-0.3, -0.25) is 24.1 Å². The van der Waals surface area contributed by atoms with Crippen LogP contribution in [0.4, 0.5) is 4.79 Å². The topological polar surface area (TPSA) is 114 Å². The molecule has 6 fully saturated rings. The highest BCUT2D eigenvalue weighted by Gasteiger charge is 2.51. The van der Waals surface area contributed by atoms with Gasteiger partial charge >= 0.3 is 0 Å². The number of thioether (sulfide) groups is 1. The number of rotatable bonds is 8. The Morgan fingerprint density at radius 1 is 1.07 bits per heavy atom. The lowest BCUT2D eigenvalue weighted by atomic mass is 9.53. The van der Waals surface area contributed by atoms with Crippen LogP contribution in [-0.2, 0) is 19.1 Å². The van der Waals surface area contributed by atoms with Crippen molar-refractivity contribution in [1.82, 2.24) is 15.1 Å². The Morgan fingerprint density at radius 2 is 1.75 bits per heavy atom. The summed E-state index contributed by atoms with van der Waals surface area (Å²) < 4.78 is 16.6. The van der Waals surface area contributed by atoms with E-state index in [1.165, 1.54) is 26.4 Å². The van der Waals surface area contributed by atoms with Gasteiger partial charge in [0.15, 0.2) is 18.1 Å². The number of hydrogen-bond donors (Lipinski definition) is 1. The fourth-order valence-corrected chi connectivity index (χ4v) is 8.31. The molecule has 2 saturated heterocycles. The maximum absolute atomic E-state index is 12.9. The molecule has 0 aromatic heterocycles. The number of methoxy groups -OCH3 is 1. The normalized spacial score (nSPS) is 30.2. The second kappa shape index (κ2) is 11.1. The molecular formula is C29H35N3O7S. The summed E-state index contributed by atoms with van der Waals surface area (Å²) in [5.41, 5.74) is 0.561. The molecule has 10 nitrogen and oxygen atoms in total. The van der Waals surface area contributed by atoms with Crippen molar-refractivity contribution in [3.8, 4) is 11.5 Å². The Morgan fingerprint density at radius 3 is 2.40 bits per heavy atom. The van der Waals surface area contributed by atoms with E-state index in [4.69, 9.17) is 14.2 Å². The van der Waals surface area contributed by atoms with Crippen LogP contribution in [0.2, 0.25) is 0 Å². The number of carbonyl (C=O) groups excluding carboxylic acids is 4. The van der Waals surface area contributed by atoms with Crippen molar-refractivity contribution in [2.45, 2.75) is 44.1 Å². The SMILES string of the molecule is COc1cc(/C=C2\SC(=O)N(CC(=O)N3CCOCC3)C2=O)ccc1OCC(=O)NC12CC3CC(CC(C3)C1)C2. The highest BCUT2D eigenvalue weighted by molar-refractivity contribution is 8.18. The molecule has 0 unspecified atom stereocenters. The first-order chi connectivity index (χ1) is 19.3. The van der Waals surface area contributed by atoms with E-state index in [0.717, 1.165) is 53.7 Å². The third kappa shape index (κ3) is 5.58. The summed E-state index contributed by atoms with van der Waals surface area (Å²) in [6, 6.07) is 5.12. The lowest BCUT2D eigenvalue weighted by Gasteiger charge is -2.56. The average molecular weight is 570 g/mol. The van der Waals surface area contributed by atoms with Crippen LogP contribution in [0.1, 0.15) is 44.1 Å². The number of nitrogens with one attached hydrogen (secondary N) is 1. The van der Waals surface area contributed by atoms with Gasteiger partial charge in [0.1, 0.15) is 6.54 Å². The molecule has 4 amide bonds. The molecule has 4 aliphatic carbocycles. The van der Waals surface area contributed by atoms with E-state index in [2.05, 4.69) is 5.32 Å². The molecule has 4 bridgehead atoms. The number of amides is 4. The van der Waals surface area contributed by atoms with Gasteiger partial charge in [0, 0.05) is 18.6 Å². The fourth-order valence-electron chi connectivity index (χ4n) is 7.47. The average Bonchev–Trinajstić information content (AvgIpc) is 3.18. The molecule has 11 heteroatoms. The van der Waals surface area contributed by atoms with E-state index in [1.54, 1.807) is 29.2 Å². The standard InChI is InChI=1S/C29H35N3O7S/c1-37-23-11-18(12-24-27(35)32(28(36)40-24)16-26(34)31-4-6-38-7-5-31)2-3-22(23)39-17-25(33)30-29-13-19-8-20(14-29)10-21(9-19)15-29/h2-3,11-12,19-21H,4-10,13-17H2,1H3,(H,30,33)/b24-12-. The summed E-state index contributed by atoms with van der Waals surface area (Å²) in [7, 11) is 1.51. The van der Waals surface area contributed by atoms with Gasteiger partial charge < -0.3 is 24.4 Å². The molecule has 1 aromatic rings. The summed E-state index contributed by atoms with van der Waals surface area (Å²) in [6.45, 7) is 1.40. The fraction of sp³-hybridized carbons (Fsp3) is 0.586. The molecule has 2 heterocycles. The van der Waals surface area contributed by atoms with Gasteiger partial charge in [-0.05, 0) is 91.8 Å². The summed E-state index contributed by atoms with van der Waals surface area (Å²) >= 11 is 0.801. The molecular weight excluding hydrogens is 534 g/mol. The Balaban J connectivity index is 1.06. The molecule has 40 heavy (non-hydrogen) atoms. The molecule has 214 valence electrons. The third-order valence-electron chi connectivity index (χ3n) is 8.82. The van der Waals surface area contributed by atoms with Crippen molar-refractivity contribution in [1.29, 1.82) is 0 Å². The van der Waals surface area contributed by atoms with Crippen LogP contribution in [0.5, 0.6) is 11.5 Å². The van der Waals surface area contributed by atoms with E-state index in [0.29, 0.717) is 43.4 Å². The zero-order chi connectivity index (χ0) is 27.9. The van der Waals surface area contributed by atoms with Crippen LogP contribution in [0.25, 0.3) is 6.08 Å². The minimum atomic E-state index is -0.503. The summed E-state index contributed by atoms with van der Waals surface area (Å²) in [4.78, 5) is 53.7. The van der Waals surface area contributed by atoms with Gasteiger partial charge in [0.25, 0.3) is 17.1 Å². The van der Waals surface area contributed by atoms with E-state index in [1.807, 2.05) is 0 Å². The Labute approximate surface area is 237 Å². The molecule has 0 atom stereocenters. The Hall–Kier alpha value is -3.05. The maximum atomic E-state index is 12.9. The molecule has 2 aliphatic heterocycles. The quantitative estimate of drug-likeness (QED) is 0.476. The van der Waals surface area contributed by atoms with Crippen LogP contribution in [0.15, 0.2) is 23.1 Å². The molecule has 6 aliphatic rings. The zero-order valence-electron chi connectivity index (χ0n) is 22.7. The van der Waals surface area contributed by atoms with Crippen molar-refractivity contribution >= 4 is 40.8 Å². The predicted molar refractivity (Wildman–Crippen MR) is 148 cm³/mol. The maximum Gasteiger partial charge on any atom is 0.294 e. The first-order valence-corrected chi connectivity index (χ1v) is 14.9. The lowest BCUT2D eigenvalue weighted by molar-refractivity contribution is -0.139. The van der Waals surface area contributed by atoms with E-state index >= 15 is 0 Å². The number of nitrogens with zero attached hydrogens (tertiary/aromatic N) is 2. The van der Waals surface area contributed by atoms with Crippen molar-refractivity contribution in [2.24, 2.45) is 17.8 Å². The number of hydrogen-bond acceptors (Lipinski definition) is 8. The minimum absolute atomic E-state index is 0.0705. The first-order valence-electron chi connectivity index (χ1n) is 14.0. The third-order valence-corrected chi connectivity index (χ3v) is 9.73. The van der Waals surface area contributed by atoms with Crippen molar-refractivity contribution in [2.75, 3.05) is 46.6 Å².